The summed E-state index contributed by atoms with van der Waals surface area (Å²) >= 11 is 6.62. The van der Waals surface area contributed by atoms with Crippen molar-refractivity contribution in [2.45, 2.75) is 39.2 Å². The lowest BCUT2D eigenvalue weighted by Crippen LogP contribution is -2.43. The van der Waals surface area contributed by atoms with E-state index >= 15 is 0 Å². The summed E-state index contributed by atoms with van der Waals surface area (Å²) in [5.74, 6) is 1.08. The first-order valence-electron chi connectivity index (χ1n) is 14.6. The van der Waals surface area contributed by atoms with Crippen molar-refractivity contribution < 1.29 is 0 Å². The highest BCUT2D eigenvalue weighted by Gasteiger charge is 2.27. The fourth-order valence-electron chi connectivity index (χ4n) is 6.16. The Morgan fingerprint density at radius 1 is 1.07 bits per heavy atom. The molecule has 1 aromatic carbocycles. The molecular weight excluding hydrogens is 536 g/mol. The van der Waals surface area contributed by atoms with Gasteiger partial charge in [-0.15, -0.1) is 0 Å². The molecule has 0 amide bonds. The van der Waals surface area contributed by atoms with Gasteiger partial charge in [-0.25, -0.2) is 9.97 Å². The first kappa shape index (κ1) is 27.6. The number of aromatic nitrogens is 4. The van der Waals surface area contributed by atoms with Crippen LogP contribution in [-0.4, -0.2) is 70.2 Å². The summed E-state index contributed by atoms with van der Waals surface area (Å²) in [4.78, 5) is 33.4. The molecule has 2 fully saturated rings. The number of hydrogen-bond donors (Lipinski definition) is 2. The summed E-state index contributed by atoms with van der Waals surface area (Å²) in [5.41, 5.74) is 3.87. The van der Waals surface area contributed by atoms with E-state index in [1.807, 2.05) is 54.2 Å². The molecule has 0 bridgehead atoms. The molecule has 5 heterocycles. The minimum Gasteiger partial charge on any atom is -0.368 e. The van der Waals surface area contributed by atoms with Gasteiger partial charge in [-0.3, -0.25) is 9.36 Å². The van der Waals surface area contributed by atoms with E-state index in [1.165, 1.54) is 0 Å². The molecule has 3 aromatic heterocycles. The zero-order chi connectivity index (χ0) is 28.3. The van der Waals surface area contributed by atoms with Crippen LogP contribution < -0.4 is 21.1 Å². The number of pyridine rings is 2. The van der Waals surface area contributed by atoms with Crippen LogP contribution in [0.1, 0.15) is 37.8 Å². The van der Waals surface area contributed by atoms with E-state index in [0.29, 0.717) is 28.0 Å². The number of benzene rings is 1. The van der Waals surface area contributed by atoms with Crippen molar-refractivity contribution in [2.75, 3.05) is 56.0 Å². The molecule has 2 aliphatic heterocycles. The molecule has 4 aromatic rings. The first-order valence-corrected chi connectivity index (χ1v) is 15.0. The van der Waals surface area contributed by atoms with Gasteiger partial charge in [-0.2, -0.15) is 4.98 Å². The lowest BCUT2D eigenvalue weighted by molar-refractivity contribution is 0.178. The van der Waals surface area contributed by atoms with Crippen LogP contribution in [0.15, 0.2) is 53.6 Å². The zero-order valence-electron chi connectivity index (χ0n) is 23.7. The van der Waals surface area contributed by atoms with Crippen molar-refractivity contribution >= 4 is 40.1 Å². The number of fused-ring (bicyclic) bond motifs is 1. The van der Waals surface area contributed by atoms with Crippen molar-refractivity contribution in [3.8, 4) is 11.1 Å². The van der Waals surface area contributed by atoms with Gasteiger partial charge in [0.15, 0.2) is 0 Å². The first-order chi connectivity index (χ1) is 20.0. The molecule has 0 spiro atoms. The van der Waals surface area contributed by atoms with Crippen molar-refractivity contribution in [1.29, 1.82) is 0 Å². The molecular formula is C31H37ClN8O. The van der Waals surface area contributed by atoms with E-state index in [4.69, 9.17) is 16.6 Å². The maximum absolute atomic E-state index is 14.4. The third kappa shape index (κ3) is 5.66. The van der Waals surface area contributed by atoms with Crippen LogP contribution in [0.25, 0.3) is 22.2 Å². The highest BCUT2D eigenvalue weighted by atomic mass is 35.5. The number of aryl methyl sites for hydroxylation is 1. The van der Waals surface area contributed by atoms with E-state index in [-0.39, 0.29) is 11.6 Å². The molecule has 2 N–H and O–H groups in total. The summed E-state index contributed by atoms with van der Waals surface area (Å²) in [7, 11) is 0. The van der Waals surface area contributed by atoms with Crippen molar-refractivity contribution in [1.82, 2.24) is 29.7 Å². The molecule has 0 saturated carbocycles. The van der Waals surface area contributed by atoms with Crippen LogP contribution >= 0.6 is 11.6 Å². The maximum Gasteiger partial charge on any atom is 0.260 e. The number of rotatable bonds is 7. The summed E-state index contributed by atoms with van der Waals surface area (Å²) in [6, 6.07) is 11.6. The van der Waals surface area contributed by atoms with E-state index in [2.05, 4.69) is 43.4 Å². The van der Waals surface area contributed by atoms with Gasteiger partial charge >= 0.3 is 0 Å². The molecule has 214 valence electrons. The molecule has 2 aliphatic rings. The number of nitrogens with zero attached hydrogens (tertiary/aromatic N) is 6. The molecule has 6 rings (SSSR count). The second kappa shape index (κ2) is 12.1. The third-order valence-corrected chi connectivity index (χ3v) is 8.54. The normalized spacial score (nSPS) is 18.1. The second-order valence-corrected chi connectivity index (χ2v) is 11.4. The fourth-order valence-corrected chi connectivity index (χ4v) is 6.39. The number of hydrogen-bond acceptors (Lipinski definition) is 8. The number of anilines is 3. The second-order valence-electron chi connectivity index (χ2n) is 10.9. The molecule has 0 aliphatic carbocycles. The number of piperidine rings is 1. The van der Waals surface area contributed by atoms with Crippen LogP contribution in [0.4, 0.5) is 17.5 Å². The number of piperazine rings is 1. The van der Waals surface area contributed by atoms with Crippen LogP contribution in [0.2, 0.25) is 5.02 Å². The smallest absolute Gasteiger partial charge is 0.260 e. The van der Waals surface area contributed by atoms with Gasteiger partial charge in [0, 0.05) is 54.9 Å². The summed E-state index contributed by atoms with van der Waals surface area (Å²) in [6.45, 7) is 10.9. The van der Waals surface area contributed by atoms with Crippen molar-refractivity contribution in [2.24, 2.45) is 0 Å². The minimum atomic E-state index is -0.0606. The van der Waals surface area contributed by atoms with Gasteiger partial charge in [0.2, 0.25) is 5.95 Å². The van der Waals surface area contributed by atoms with Crippen molar-refractivity contribution in [3.63, 3.8) is 0 Å². The Hall–Kier alpha value is -3.53. The quantitative estimate of drug-likeness (QED) is 0.319. The lowest BCUT2D eigenvalue weighted by atomic mass is 9.98. The van der Waals surface area contributed by atoms with Crippen LogP contribution in [0.5, 0.6) is 0 Å². The molecule has 1 atom stereocenters. The van der Waals surface area contributed by atoms with Crippen LogP contribution in [-0.2, 0) is 0 Å². The third-order valence-electron chi connectivity index (χ3n) is 8.21. The summed E-state index contributed by atoms with van der Waals surface area (Å²) in [6.07, 6.45) is 6.74. The standard InChI is InChI=1S/C31H37ClN8O/c1-3-14-38-15-6-7-23(20-38)40-29-25(21(2)28(30(40)41)24-8-4-5-9-26(24)32)19-35-31(37-29)36-27-11-10-22(18-34-27)39-16-12-33-13-17-39/h4-5,8-11,18-19,23,33H,3,6-7,12-17,20H2,1-2H3,(H,34,35,36,37)/t23-/m0/s1. The van der Waals surface area contributed by atoms with Gasteiger partial charge in [0.1, 0.15) is 11.5 Å². The fraction of sp³-hybridized carbons (Fsp3) is 0.419. The van der Waals surface area contributed by atoms with Gasteiger partial charge in [-0.1, -0.05) is 36.7 Å². The largest absolute Gasteiger partial charge is 0.368 e. The minimum absolute atomic E-state index is 0.00586. The topological polar surface area (TPSA) is 91.2 Å². The predicted octanol–water partition coefficient (Wildman–Crippen LogP) is 5.02. The Morgan fingerprint density at radius 2 is 1.90 bits per heavy atom. The highest BCUT2D eigenvalue weighted by molar-refractivity contribution is 6.33. The predicted molar refractivity (Wildman–Crippen MR) is 167 cm³/mol. The Balaban J connectivity index is 1.41. The molecule has 0 unspecified atom stereocenters. The zero-order valence-corrected chi connectivity index (χ0v) is 24.5. The monoisotopic (exact) mass is 572 g/mol. The van der Waals surface area contributed by atoms with Gasteiger partial charge in [0.05, 0.1) is 23.5 Å². The Bertz CT molecular complexity index is 1580. The Labute approximate surface area is 245 Å². The number of nitrogens with one attached hydrogen (secondary N) is 2. The highest BCUT2D eigenvalue weighted by Crippen LogP contribution is 2.33. The van der Waals surface area contributed by atoms with Crippen LogP contribution in [0.3, 0.4) is 0 Å². The van der Waals surface area contributed by atoms with E-state index in [0.717, 1.165) is 87.3 Å². The average Bonchev–Trinajstić information content (AvgIpc) is 2.99. The molecule has 9 nitrogen and oxygen atoms in total. The summed E-state index contributed by atoms with van der Waals surface area (Å²) < 4.78 is 1.90. The SMILES string of the molecule is CCCN1CCC[C@H](n2c(=O)c(-c3ccccc3Cl)c(C)c3cnc(Nc4ccc(N5CCNCC5)cn4)nc32)C1. The Kier molecular flexibility index (Phi) is 8.18. The number of halogens is 1. The van der Waals surface area contributed by atoms with Gasteiger partial charge < -0.3 is 20.4 Å². The van der Waals surface area contributed by atoms with E-state index in [9.17, 15) is 4.79 Å². The van der Waals surface area contributed by atoms with E-state index in [1.54, 1.807) is 0 Å². The molecule has 0 radical (unpaired) electrons. The summed E-state index contributed by atoms with van der Waals surface area (Å²) in [5, 5.41) is 8.05. The Morgan fingerprint density at radius 3 is 2.66 bits per heavy atom. The molecule has 10 heteroatoms. The van der Waals surface area contributed by atoms with Crippen molar-refractivity contribution in [3.05, 3.63) is 69.7 Å². The van der Waals surface area contributed by atoms with Crippen LogP contribution in [0, 0.1) is 6.92 Å². The lowest BCUT2D eigenvalue weighted by Gasteiger charge is -2.34. The average molecular weight is 573 g/mol. The maximum atomic E-state index is 14.4. The molecule has 2 saturated heterocycles. The number of likely N-dealkylation sites (tertiary alicyclic amines) is 1. The molecule has 41 heavy (non-hydrogen) atoms. The van der Waals surface area contributed by atoms with Gasteiger partial charge in [-0.05, 0) is 63.0 Å². The van der Waals surface area contributed by atoms with Gasteiger partial charge in [0.25, 0.3) is 5.56 Å². The van der Waals surface area contributed by atoms with E-state index < -0.39 is 0 Å².